The van der Waals surface area contributed by atoms with Crippen molar-refractivity contribution < 1.29 is 22.5 Å². The van der Waals surface area contributed by atoms with E-state index in [9.17, 15) is 13.2 Å². The zero-order chi connectivity index (χ0) is 21.6. The van der Waals surface area contributed by atoms with Gasteiger partial charge in [0.15, 0.2) is 0 Å². The minimum atomic E-state index is -2.50. The molecule has 2 aromatic heterocycles. The second-order valence-corrected chi connectivity index (χ2v) is 9.06. The Kier molecular flexibility index (Phi) is 5.57. The SMILES string of the molecule is CC(C)(F)F.CC1(C)OB(c2ccc(-n3ccc(F)n3)c3ncsc23)OC1(C)C. The number of aromatic nitrogens is 3. The van der Waals surface area contributed by atoms with Crippen molar-refractivity contribution in [2.75, 3.05) is 0 Å². The molecule has 1 aliphatic rings. The lowest BCUT2D eigenvalue weighted by molar-refractivity contribution is 0.00578. The number of halogens is 3. The molecule has 0 bridgehead atoms. The summed E-state index contributed by atoms with van der Waals surface area (Å²) in [5, 5.41) is 3.84. The molecule has 0 aliphatic carbocycles. The average Bonchev–Trinajstić information content (AvgIpc) is 3.24. The van der Waals surface area contributed by atoms with Gasteiger partial charge in [-0.3, -0.25) is 0 Å². The van der Waals surface area contributed by atoms with E-state index in [1.165, 1.54) is 22.1 Å². The molecule has 0 unspecified atom stereocenters. The van der Waals surface area contributed by atoms with Gasteiger partial charge in [-0.1, -0.05) is 6.07 Å². The Balaban J connectivity index is 0.000000431. The molecule has 0 amide bonds. The molecule has 1 aliphatic heterocycles. The predicted octanol–water partition coefficient (Wildman–Crippen LogP) is 4.58. The van der Waals surface area contributed by atoms with Gasteiger partial charge in [0.1, 0.15) is 5.52 Å². The molecule has 10 heteroatoms. The van der Waals surface area contributed by atoms with Gasteiger partial charge < -0.3 is 9.31 Å². The normalized spacial score (nSPS) is 18.0. The van der Waals surface area contributed by atoms with Crippen molar-refractivity contribution in [1.29, 1.82) is 0 Å². The molecule has 0 saturated carbocycles. The monoisotopic (exact) mass is 425 g/mol. The van der Waals surface area contributed by atoms with E-state index >= 15 is 0 Å². The second kappa shape index (κ2) is 7.41. The molecule has 3 heterocycles. The van der Waals surface area contributed by atoms with Crippen LogP contribution in [0.5, 0.6) is 0 Å². The Hall–Kier alpha value is -1.91. The lowest BCUT2D eigenvalue weighted by Gasteiger charge is -2.32. The van der Waals surface area contributed by atoms with E-state index in [0.29, 0.717) is 0 Å². The van der Waals surface area contributed by atoms with Gasteiger partial charge in [0.2, 0.25) is 11.9 Å². The summed E-state index contributed by atoms with van der Waals surface area (Å²) in [4.78, 5) is 4.43. The van der Waals surface area contributed by atoms with Crippen LogP contribution >= 0.6 is 11.3 Å². The van der Waals surface area contributed by atoms with Crippen LogP contribution in [0.1, 0.15) is 41.5 Å². The third kappa shape index (κ3) is 4.65. The van der Waals surface area contributed by atoms with Gasteiger partial charge in [-0.25, -0.2) is 18.4 Å². The van der Waals surface area contributed by atoms with Crippen molar-refractivity contribution in [3.8, 4) is 5.69 Å². The molecule has 156 valence electrons. The highest BCUT2D eigenvalue weighted by Gasteiger charge is 2.52. The van der Waals surface area contributed by atoms with Gasteiger partial charge in [0.05, 0.1) is 27.1 Å². The number of nitrogens with zero attached hydrogens (tertiary/aromatic N) is 3. The number of alkyl halides is 2. The molecule has 0 spiro atoms. The number of rotatable bonds is 2. The first kappa shape index (κ1) is 21.8. The van der Waals surface area contributed by atoms with Crippen molar-refractivity contribution in [1.82, 2.24) is 14.8 Å². The van der Waals surface area contributed by atoms with Crippen LogP contribution in [-0.4, -0.2) is 39.0 Å². The standard InChI is InChI=1S/C16H17BFN3O2S.C3H6F2/c1-15(2)16(3,4)23-17(22-15)10-5-6-11(13-14(10)24-9-19-13)21-8-7-12(18)20-21;1-3(2,4)5/h5-9H,1-4H3;1-2H3. The lowest BCUT2D eigenvalue weighted by atomic mass is 9.79. The summed E-state index contributed by atoms with van der Waals surface area (Å²) in [6, 6.07) is 5.13. The fourth-order valence-electron chi connectivity index (χ4n) is 2.73. The van der Waals surface area contributed by atoms with Gasteiger partial charge in [-0.15, -0.1) is 16.4 Å². The summed E-state index contributed by atoms with van der Waals surface area (Å²) < 4.78 is 50.0. The number of thiazole rings is 1. The van der Waals surface area contributed by atoms with Crippen LogP contribution in [0, 0.1) is 5.95 Å². The summed E-state index contributed by atoms with van der Waals surface area (Å²) in [6.07, 6.45) is 1.58. The van der Waals surface area contributed by atoms with Crippen LogP contribution in [-0.2, 0) is 9.31 Å². The van der Waals surface area contributed by atoms with Crippen LogP contribution in [0.15, 0.2) is 29.9 Å². The predicted molar refractivity (Wildman–Crippen MR) is 109 cm³/mol. The van der Waals surface area contributed by atoms with Crippen molar-refractivity contribution in [3.63, 3.8) is 0 Å². The topological polar surface area (TPSA) is 49.2 Å². The van der Waals surface area contributed by atoms with E-state index in [1.54, 1.807) is 11.7 Å². The summed E-state index contributed by atoms with van der Waals surface area (Å²) in [5.41, 5.74) is 3.38. The van der Waals surface area contributed by atoms with Crippen LogP contribution < -0.4 is 5.46 Å². The molecule has 0 radical (unpaired) electrons. The number of fused-ring (bicyclic) bond motifs is 1. The zero-order valence-corrected chi connectivity index (χ0v) is 18.0. The fraction of sp³-hybridized carbons (Fsp3) is 0.474. The van der Waals surface area contributed by atoms with E-state index < -0.39 is 30.2 Å². The number of hydrogen-bond donors (Lipinski definition) is 0. The number of hydrogen-bond acceptors (Lipinski definition) is 5. The van der Waals surface area contributed by atoms with Crippen LogP contribution in [0.25, 0.3) is 15.9 Å². The summed E-state index contributed by atoms with van der Waals surface area (Å²) in [7, 11) is -0.457. The molecule has 5 nitrogen and oxygen atoms in total. The van der Waals surface area contributed by atoms with Crippen molar-refractivity contribution in [2.24, 2.45) is 0 Å². The van der Waals surface area contributed by atoms with Crippen LogP contribution in [0.3, 0.4) is 0 Å². The third-order valence-electron chi connectivity index (χ3n) is 4.80. The molecule has 3 aromatic rings. The van der Waals surface area contributed by atoms with Gasteiger partial charge in [0, 0.05) is 17.7 Å². The lowest BCUT2D eigenvalue weighted by Crippen LogP contribution is -2.41. The van der Waals surface area contributed by atoms with Gasteiger partial charge in [-0.2, -0.15) is 4.39 Å². The minimum Gasteiger partial charge on any atom is -0.399 e. The Bertz CT molecular complexity index is 992. The Labute approximate surface area is 172 Å². The minimum absolute atomic E-state index is 0.404. The van der Waals surface area contributed by atoms with E-state index in [0.717, 1.165) is 35.2 Å². The maximum Gasteiger partial charge on any atom is 0.496 e. The molecule has 4 rings (SSSR count). The molecule has 1 fully saturated rings. The third-order valence-corrected chi connectivity index (χ3v) is 5.68. The van der Waals surface area contributed by atoms with E-state index in [1.807, 2.05) is 39.8 Å². The molecular weight excluding hydrogens is 402 g/mol. The first-order chi connectivity index (χ1) is 13.3. The van der Waals surface area contributed by atoms with Crippen molar-refractivity contribution >= 4 is 34.1 Å². The van der Waals surface area contributed by atoms with Gasteiger partial charge in [0.25, 0.3) is 0 Å². The maximum atomic E-state index is 13.2. The van der Waals surface area contributed by atoms with Crippen LogP contribution in [0.4, 0.5) is 13.2 Å². The first-order valence-corrected chi connectivity index (χ1v) is 9.97. The first-order valence-electron chi connectivity index (χ1n) is 9.10. The second-order valence-electron chi connectivity index (χ2n) is 8.20. The van der Waals surface area contributed by atoms with E-state index in [2.05, 4.69) is 10.1 Å². The Morgan fingerprint density at radius 3 is 2.17 bits per heavy atom. The van der Waals surface area contributed by atoms with Crippen molar-refractivity contribution in [3.05, 3.63) is 35.9 Å². The highest BCUT2D eigenvalue weighted by atomic mass is 32.1. The quantitative estimate of drug-likeness (QED) is 0.564. The van der Waals surface area contributed by atoms with Crippen LogP contribution in [0.2, 0.25) is 0 Å². The molecule has 29 heavy (non-hydrogen) atoms. The average molecular weight is 425 g/mol. The van der Waals surface area contributed by atoms with Gasteiger partial charge in [-0.05, 0) is 47.6 Å². The maximum absolute atomic E-state index is 13.2. The summed E-state index contributed by atoms with van der Waals surface area (Å²) in [5.74, 6) is -3.02. The van der Waals surface area contributed by atoms with E-state index in [-0.39, 0.29) is 0 Å². The highest BCUT2D eigenvalue weighted by Crippen LogP contribution is 2.37. The highest BCUT2D eigenvalue weighted by molar-refractivity contribution is 7.18. The molecule has 0 atom stereocenters. The zero-order valence-electron chi connectivity index (χ0n) is 17.2. The summed E-state index contributed by atoms with van der Waals surface area (Å²) >= 11 is 1.51. The number of benzene rings is 1. The Morgan fingerprint density at radius 2 is 1.66 bits per heavy atom. The largest absolute Gasteiger partial charge is 0.496 e. The Morgan fingerprint density at radius 1 is 1.07 bits per heavy atom. The van der Waals surface area contributed by atoms with Crippen molar-refractivity contribution in [2.45, 2.75) is 58.7 Å². The smallest absolute Gasteiger partial charge is 0.399 e. The van der Waals surface area contributed by atoms with Gasteiger partial charge >= 0.3 is 7.12 Å². The molecular formula is C19H23BF3N3O2S. The molecule has 1 aromatic carbocycles. The van der Waals surface area contributed by atoms with E-state index in [4.69, 9.17) is 9.31 Å². The fourth-order valence-corrected chi connectivity index (χ4v) is 3.57. The summed E-state index contributed by atoms with van der Waals surface area (Å²) in [6.45, 7) is 9.81. The molecule has 0 N–H and O–H groups in total. The molecule has 1 saturated heterocycles.